The SMILES string of the molecule is Cc1cc([N+](=O)[O-])ccc1C(=O)N(C)CC(C)Br. The average Bonchev–Trinajstić information content (AvgIpc) is 2.26. The van der Waals surface area contributed by atoms with Crippen LogP contribution >= 0.6 is 15.9 Å². The first-order valence-corrected chi connectivity index (χ1v) is 6.39. The van der Waals surface area contributed by atoms with Gasteiger partial charge < -0.3 is 4.90 Å². The summed E-state index contributed by atoms with van der Waals surface area (Å²) in [6.07, 6.45) is 0. The summed E-state index contributed by atoms with van der Waals surface area (Å²) in [7, 11) is 1.71. The quantitative estimate of drug-likeness (QED) is 0.487. The van der Waals surface area contributed by atoms with Crippen molar-refractivity contribution in [1.82, 2.24) is 4.90 Å². The van der Waals surface area contributed by atoms with Gasteiger partial charge in [0.1, 0.15) is 0 Å². The summed E-state index contributed by atoms with van der Waals surface area (Å²) in [5.74, 6) is -0.131. The molecule has 1 aromatic rings. The van der Waals surface area contributed by atoms with E-state index in [1.54, 1.807) is 18.9 Å². The number of alkyl halides is 1. The fraction of sp³-hybridized carbons (Fsp3) is 0.417. The molecule has 0 saturated heterocycles. The van der Waals surface area contributed by atoms with Crippen molar-refractivity contribution in [2.24, 2.45) is 0 Å². The van der Waals surface area contributed by atoms with Crippen molar-refractivity contribution in [3.8, 4) is 0 Å². The van der Waals surface area contributed by atoms with Crippen LogP contribution in [0.1, 0.15) is 22.8 Å². The first-order valence-electron chi connectivity index (χ1n) is 5.47. The number of nitro groups is 1. The molecule has 0 aromatic heterocycles. The van der Waals surface area contributed by atoms with Gasteiger partial charge in [-0.1, -0.05) is 22.9 Å². The monoisotopic (exact) mass is 314 g/mol. The highest BCUT2D eigenvalue weighted by molar-refractivity contribution is 9.09. The van der Waals surface area contributed by atoms with Gasteiger partial charge in [-0.25, -0.2) is 0 Å². The molecule has 0 N–H and O–H groups in total. The van der Waals surface area contributed by atoms with Gasteiger partial charge in [0.05, 0.1) is 4.92 Å². The zero-order valence-electron chi connectivity index (χ0n) is 10.5. The number of carbonyl (C=O) groups excluding carboxylic acids is 1. The summed E-state index contributed by atoms with van der Waals surface area (Å²) in [5, 5.41) is 10.6. The second-order valence-corrected chi connectivity index (χ2v) is 5.79. The van der Waals surface area contributed by atoms with Crippen LogP contribution in [0, 0.1) is 17.0 Å². The third-order valence-electron chi connectivity index (χ3n) is 2.52. The van der Waals surface area contributed by atoms with E-state index in [9.17, 15) is 14.9 Å². The largest absolute Gasteiger partial charge is 0.341 e. The summed E-state index contributed by atoms with van der Waals surface area (Å²) in [6.45, 7) is 4.23. The van der Waals surface area contributed by atoms with Crippen molar-refractivity contribution in [3.05, 3.63) is 39.4 Å². The number of amides is 1. The standard InChI is InChI=1S/C12H15BrN2O3/c1-8-6-10(15(17)18)4-5-11(8)12(16)14(3)7-9(2)13/h4-6,9H,7H2,1-3H3. The molecule has 1 aromatic carbocycles. The lowest BCUT2D eigenvalue weighted by Crippen LogP contribution is -2.31. The number of carbonyl (C=O) groups is 1. The van der Waals surface area contributed by atoms with E-state index in [0.717, 1.165) is 0 Å². The Morgan fingerprint density at radius 1 is 1.56 bits per heavy atom. The second kappa shape index (κ2) is 5.95. The number of non-ortho nitro benzene ring substituents is 1. The molecular formula is C12H15BrN2O3. The van der Waals surface area contributed by atoms with E-state index in [4.69, 9.17) is 0 Å². The number of halogens is 1. The highest BCUT2D eigenvalue weighted by Crippen LogP contribution is 2.18. The molecular weight excluding hydrogens is 300 g/mol. The van der Waals surface area contributed by atoms with Gasteiger partial charge in [0.2, 0.25) is 0 Å². The molecule has 1 rings (SSSR count). The van der Waals surface area contributed by atoms with Crippen molar-refractivity contribution < 1.29 is 9.72 Å². The number of hydrogen-bond acceptors (Lipinski definition) is 3. The maximum atomic E-state index is 12.1. The Labute approximate surface area is 114 Å². The zero-order chi connectivity index (χ0) is 13.9. The molecule has 0 saturated carbocycles. The van der Waals surface area contributed by atoms with Crippen molar-refractivity contribution in [2.45, 2.75) is 18.7 Å². The molecule has 0 fully saturated rings. The van der Waals surface area contributed by atoms with Crippen LogP contribution in [0.5, 0.6) is 0 Å². The minimum absolute atomic E-state index is 0.000521. The Morgan fingerprint density at radius 2 is 2.17 bits per heavy atom. The topological polar surface area (TPSA) is 63.5 Å². The highest BCUT2D eigenvalue weighted by Gasteiger charge is 2.17. The fourth-order valence-electron chi connectivity index (χ4n) is 1.67. The van der Waals surface area contributed by atoms with Gasteiger partial charge in [0.15, 0.2) is 0 Å². The number of hydrogen-bond donors (Lipinski definition) is 0. The van der Waals surface area contributed by atoms with Gasteiger partial charge >= 0.3 is 0 Å². The Hall–Kier alpha value is -1.43. The van der Waals surface area contributed by atoms with E-state index in [1.807, 2.05) is 6.92 Å². The lowest BCUT2D eigenvalue weighted by Gasteiger charge is -2.19. The fourth-order valence-corrected chi connectivity index (χ4v) is 2.10. The zero-order valence-corrected chi connectivity index (χ0v) is 12.1. The van der Waals surface area contributed by atoms with Crippen LogP contribution in [0.15, 0.2) is 18.2 Å². The normalized spacial score (nSPS) is 12.0. The second-order valence-electron chi connectivity index (χ2n) is 4.22. The molecule has 1 atom stereocenters. The highest BCUT2D eigenvalue weighted by atomic mass is 79.9. The Kier molecular flexibility index (Phi) is 4.84. The van der Waals surface area contributed by atoms with Crippen LogP contribution < -0.4 is 0 Å². The number of rotatable bonds is 4. The van der Waals surface area contributed by atoms with E-state index >= 15 is 0 Å². The lowest BCUT2D eigenvalue weighted by molar-refractivity contribution is -0.384. The van der Waals surface area contributed by atoms with Crippen LogP contribution in [-0.2, 0) is 0 Å². The number of aryl methyl sites for hydroxylation is 1. The third-order valence-corrected chi connectivity index (χ3v) is 2.81. The molecule has 1 unspecified atom stereocenters. The van der Waals surface area contributed by atoms with E-state index in [1.165, 1.54) is 18.2 Å². The van der Waals surface area contributed by atoms with Crippen molar-refractivity contribution >= 4 is 27.5 Å². The summed E-state index contributed by atoms with van der Waals surface area (Å²) in [4.78, 5) is 24.1. The Bertz CT molecular complexity index is 474. The van der Waals surface area contributed by atoms with Crippen LogP contribution in [0.4, 0.5) is 5.69 Å². The molecule has 0 heterocycles. The van der Waals surface area contributed by atoms with E-state index in [2.05, 4.69) is 15.9 Å². The van der Waals surface area contributed by atoms with Gasteiger partial charge in [-0.2, -0.15) is 0 Å². The maximum Gasteiger partial charge on any atom is 0.269 e. The Morgan fingerprint density at radius 3 is 2.61 bits per heavy atom. The molecule has 1 amide bonds. The van der Waals surface area contributed by atoms with Crippen molar-refractivity contribution in [3.63, 3.8) is 0 Å². The molecule has 0 aliphatic rings. The van der Waals surface area contributed by atoms with Gasteiger partial charge in [-0.15, -0.1) is 0 Å². The maximum absolute atomic E-state index is 12.1. The molecule has 6 heteroatoms. The molecule has 18 heavy (non-hydrogen) atoms. The Balaban J connectivity index is 2.96. The summed E-state index contributed by atoms with van der Waals surface area (Å²) < 4.78 is 0. The van der Waals surface area contributed by atoms with Crippen LogP contribution in [0.3, 0.4) is 0 Å². The first kappa shape index (κ1) is 14.6. The number of nitrogens with zero attached hydrogens (tertiary/aromatic N) is 2. The van der Waals surface area contributed by atoms with Crippen LogP contribution in [0.25, 0.3) is 0 Å². The average molecular weight is 315 g/mol. The predicted molar refractivity (Wildman–Crippen MR) is 73.2 cm³/mol. The molecule has 98 valence electrons. The number of benzene rings is 1. The lowest BCUT2D eigenvalue weighted by atomic mass is 10.1. The van der Waals surface area contributed by atoms with E-state index < -0.39 is 4.92 Å². The predicted octanol–water partition coefficient (Wildman–Crippen LogP) is 2.76. The van der Waals surface area contributed by atoms with E-state index in [-0.39, 0.29) is 16.4 Å². The smallest absolute Gasteiger partial charge is 0.269 e. The summed E-state index contributed by atoms with van der Waals surface area (Å²) in [6, 6.07) is 4.27. The summed E-state index contributed by atoms with van der Waals surface area (Å²) in [5.41, 5.74) is 1.11. The molecule has 0 aliphatic carbocycles. The van der Waals surface area contributed by atoms with Crippen LogP contribution in [0.2, 0.25) is 0 Å². The van der Waals surface area contributed by atoms with Gasteiger partial charge in [-0.05, 0) is 18.6 Å². The number of nitro benzene ring substituents is 1. The van der Waals surface area contributed by atoms with Crippen molar-refractivity contribution in [2.75, 3.05) is 13.6 Å². The van der Waals surface area contributed by atoms with Crippen molar-refractivity contribution in [1.29, 1.82) is 0 Å². The first-order chi connectivity index (χ1) is 8.32. The van der Waals surface area contributed by atoms with Crippen LogP contribution in [-0.4, -0.2) is 34.2 Å². The van der Waals surface area contributed by atoms with E-state index in [0.29, 0.717) is 17.7 Å². The van der Waals surface area contributed by atoms with Gasteiger partial charge in [0.25, 0.3) is 11.6 Å². The molecule has 5 nitrogen and oxygen atoms in total. The minimum atomic E-state index is -0.467. The molecule has 0 bridgehead atoms. The molecule has 0 spiro atoms. The van der Waals surface area contributed by atoms with Gasteiger partial charge in [-0.3, -0.25) is 14.9 Å². The molecule has 0 aliphatic heterocycles. The van der Waals surface area contributed by atoms with Gasteiger partial charge in [0, 0.05) is 36.1 Å². The summed E-state index contributed by atoms with van der Waals surface area (Å²) >= 11 is 3.38. The minimum Gasteiger partial charge on any atom is -0.341 e. The third kappa shape index (κ3) is 3.53. The molecule has 0 radical (unpaired) electrons.